The molecule has 0 atom stereocenters. The molecule has 0 bridgehead atoms. The van der Waals surface area contributed by atoms with Crippen LogP contribution >= 0.6 is 0 Å². The molecule has 2 heterocycles. The highest BCUT2D eigenvalue weighted by molar-refractivity contribution is 7.91. The van der Waals surface area contributed by atoms with Crippen molar-refractivity contribution >= 4 is 17.9 Å². The smallest absolute Gasteiger partial charge is 0.219 e. The summed E-state index contributed by atoms with van der Waals surface area (Å²) in [5, 5.41) is 0. The van der Waals surface area contributed by atoms with Crippen molar-refractivity contribution in [2.45, 2.75) is 38.2 Å². The molecule has 0 amide bonds. The van der Waals surface area contributed by atoms with Gasteiger partial charge in [0, 0.05) is 17.3 Å². The van der Waals surface area contributed by atoms with Gasteiger partial charge in [-0.2, -0.15) is 4.39 Å². The highest BCUT2D eigenvalue weighted by Gasteiger charge is 2.41. The first-order chi connectivity index (χ1) is 10.0. The van der Waals surface area contributed by atoms with Gasteiger partial charge in [0.1, 0.15) is 13.7 Å². The Morgan fingerprint density at radius 3 is 2.41 bits per heavy atom. The zero-order valence-corrected chi connectivity index (χ0v) is 14.7. The number of sulfone groups is 1. The van der Waals surface area contributed by atoms with Crippen LogP contribution < -0.4 is 0 Å². The van der Waals surface area contributed by atoms with Crippen LogP contribution in [0.5, 0.6) is 0 Å². The summed E-state index contributed by atoms with van der Waals surface area (Å²) in [6.07, 6.45) is 0.812. The Morgan fingerprint density at radius 2 is 1.86 bits per heavy atom. The van der Waals surface area contributed by atoms with Gasteiger partial charge in [-0.3, -0.25) is 0 Å². The minimum atomic E-state index is -3.22. The van der Waals surface area contributed by atoms with Gasteiger partial charge in [-0.15, -0.1) is 5.54 Å². The molecule has 7 heteroatoms. The van der Waals surface area contributed by atoms with Crippen molar-refractivity contribution in [3.63, 3.8) is 0 Å². The van der Waals surface area contributed by atoms with E-state index in [1.807, 2.05) is 0 Å². The van der Waals surface area contributed by atoms with Gasteiger partial charge in [0.05, 0.1) is 11.5 Å². The Bertz CT molecular complexity index is 731. The molecule has 0 spiro atoms. The lowest BCUT2D eigenvalue weighted by molar-refractivity contribution is 0.141. The fourth-order valence-corrected chi connectivity index (χ4v) is 4.21. The summed E-state index contributed by atoms with van der Waals surface area (Å²) in [7, 11) is -4.82. The molecule has 3 nitrogen and oxygen atoms in total. The second-order valence-corrected chi connectivity index (χ2v) is 13.7. The van der Waals surface area contributed by atoms with E-state index in [0.717, 1.165) is 0 Å². The Morgan fingerprint density at radius 1 is 1.27 bits per heavy atom. The Kier molecular flexibility index (Phi) is 4.46. The van der Waals surface area contributed by atoms with Gasteiger partial charge in [0.2, 0.25) is 5.95 Å². The first kappa shape index (κ1) is 17.1. The van der Waals surface area contributed by atoms with E-state index in [1.165, 1.54) is 12.3 Å². The number of pyridine rings is 1. The molecular formula is C15H19F2NO2SSi. The van der Waals surface area contributed by atoms with Crippen LogP contribution in [-0.2, 0) is 15.5 Å². The number of hydrogen-bond donors (Lipinski definition) is 0. The summed E-state index contributed by atoms with van der Waals surface area (Å²) in [6.45, 7) is 6.21. The molecule has 22 heavy (non-hydrogen) atoms. The SMILES string of the molecule is C[Si](C)(C)C#Cc1cnc(F)c(C2(F)CCS(=O)(=O)CC2)c1. The number of rotatable bonds is 1. The highest BCUT2D eigenvalue weighted by atomic mass is 32.2. The lowest BCUT2D eigenvalue weighted by Crippen LogP contribution is -2.34. The van der Waals surface area contributed by atoms with Crippen LogP contribution in [0.25, 0.3) is 0 Å². The van der Waals surface area contributed by atoms with E-state index in [9.17, 15) is 17.2 Å². The van der Waals surface area contributed by atoms with Crippen LogP contribution in [0, 0.1) is 17.4 Å². The maximum atomic E-state index is 15.0. The van der Waals surface area contributed by atoms with E-state index >= 15 is 0 Å². The number of nitrogens with zero attached hydrogens (tertiary/aromatic N) is 1. The quantitative estimate of drug-likeness (QED) is 0.447. The van der Waals surface area contributed by atoms with Crippen molar-refractivity contribution in [2.24, 2.45) is 0 Å². The Hall–Kier alpha value is -1.26. The van der Waals surface area contributed by atoms with E-state index in [1.54, 1.807) is 0 Å². The van der Waals surface area contributed by atoms with Crippen molar-refractivity contribution < 1.29 is 17.2 Å². The van der Waals surface area contributed by atoms with Crippen molar-refractivity contribution in [3.8, 4) is 11.5 Å². The van der Waals surface area contributed by atoms with Gasteiger partial charge in [-0.1, -0.05) is 25.6 Å². The molecule has 0 radical (unpaired) electrons. The van der Waals surface area contributed by atoms with Gasteiger partial charge in [0.15, 0.2) is 9.84 Å². The number of alkyl halides is 1. The molecule has 0 aromatic carbocycles. The third-order valence-corrected chi connectivity index (χ3v) is 6.05. The zero-order chi connectivity index (χ0) is 16.6. The third-order valence-electron chi connectivity index (χ3n) is 3.52. The molecule has 0 unspecified atom stereocenters. The fraction of sp³-hybridized carbons (Fsp3) is 0.533. The monoisotopic (exact) mass is 343 g/mol. The van der Waals surface area contributed by atoms with Gasteiger partial charge in [-0.25, -0.2) is 17.8 Å². The second kappa shape index (κ2) is 5.74. The van der Waals surface area contributed by atoms with Crippen LogP contribution in [-0.4, -0.2) is 33.0 Å². The topological polar surface area (TPSA) is 47.0 Å². The maximum absolute atomic E-state index is 15.0. The van der Waals surface area contributed by atoms with Gasteiger partial charge in [0.25, 0.3) is 0 Å². The fourth-order valence-electron chi connectivity index (χ4n) is 2.22. The highest BCUT2D eigenvalue weighted by Crippen LogP contribution is 2.38. The predicted molar refractivity (Wildman–Crippen MR) is 85.1 cm³/mol. The van der Waals surface area contributed by atoms with Crippen molar-refractivity contribution in [2.75, 3.05) is 11.5 Å². The standard InChI is InChI=1S/C15H19F2NO2SSi/c1-22(2,3)9-4-12-10-13(14(16)18-11-12)15(17)5-7-21(19,20)8-6-15/h10-11H,5-8H2,1-3H3. The van der Waals surface area contributed by atoms with Crippen molar-refractivity contribution in [3.05, 3.63) is 29.3 Å². The summed E-state index contributed by atoms with van der Waals surface area (Å²) < 4.78 is 51.8. The van der Waals surface area contributed by atoms with E-state index in [0.29, 0.717) is 5.56 Å². The molecule has 1 aliphatic rings. The van der Waals surface area contributed by atoms with Crippen LogP contribution in [0.4, 0.5) is 8.78 Å². The number of aromatic nitrogens is 1. The van der Waals surface area contributed by atoms with Crippen LogP contribution in [0.2, 0.25) is 19.6 Å². The first-order valence-corrected chi connectivity index (χ1v) is 12.4. The van der Waals surface area contributed by atoms with E-state index in [4.69, 9.17) is 0 Å². The van der Waals surface area contributed by atoms with Crippen molar-refractivity contribution in [1.29, 1.82) is 0 Å². The third kappa shape index (κ3) is 4.14. The van der Waals surface area contributed by atoms with Crippen LogP contribution in [0.1, 0.15) is 24.0 Å². The molecule has 1 aliphatic heterocycles. The largest absolute Gasteiger partial charge is 0.238 e. The number of hydrogen-bond acceptors (Lipinski definition) is 3. The van der Waals surface area contributed by atoms with Crippen molar-refractivity contribution in [1.82, 2.24) is 4.98 Å². The van der Waals surface area contributed by atoms with E-state index < -0.39 is 29.5 Å². The summed E-state index contributed by atoms with van der Waals surface area (Å²) in [6, 6.07) is 1.37. The Balaban J connectivity index is 2.36. The average molecular weight is 343 g/mol. The lowest BCUT2D eigenvalue weighted by atomic mass is 9.90. The predicted octanol–water partition coefficient (Wildman–Crippen LogP) is 2.82. The summed E-state index contributed by atoms with van der Waals surface area (Å²) in [5.74, 6) is 1.49. The molecule has 1 aromatic rings. The van der Waals surface area contributed by atoms with E-state index in [2.05, 4.69) is 36.1 Å². The zero-order valence-electron chi connectivity index (χ0n) is 12.9. The molecule has 1 fully saturated rings. The minimum Gasteiger partial charge on any atom is -0.238 e. The maximum Gasteiger partial charge on any atom is 0.219 e. The summed E-state index contributed by atoms with van der Waals surface area (Å²) >= 11 is 0. The van der Waals surface area contributed by atoms with Crippen LogP contribution in [0.15, 0.2) is 12.3 Å². The van der Waals surface area contributed by atoms with Gasteiger partial charge < -0.3 is 0 Å². The number of halogens is 2. The molecule has 0 N–H and O–H groups in total. The van der Waals surface area contributed by atoms with E-state index in [-0.39, 0.29) is 29.9 Å². The van der Waals surface area contributed by atoms with Gasteiger partial charge >= 0.3 is 0 Å². The Labute approximate surface area is 131 Å². The average Bonchev–Trinajstić information content (AvgIpc) is 2.41. The van der Waals surface area contributed by atoms with Crippen LogP contribution in [0.3, 0.4) is 0 Å². The second-order valence-electron chi connectivity index (χ2n) is 6.68. The lowest BCUT2D eigenvalue weighted by Gasteiger charge is -2.29. The molecule has 120 valence electrons. The molecule has 2 rings (SSSR count). The molecule has 1 saturated heterocycles. The normalized spacial score (nSPS) is 20.0. The molecule has 1 aromatic heterocycles. The van der Waals surface area contributed by atoms with Gasteiger partial charge in [-0.05, 0) is 18.9 Å². The summed E-state index contributed by atoms with van der Waals surface area (Å²) in [5.41, 5.74) is 1.42. The summed E-state index contributed by atoms with van der Waals surface area (Å²) in [4.78, 5) is 3.59. The minimum absolute atomic E-state index is 0.176. The molecular weight excluding hydrogens is 324 g/mol. The first-order valence-electron chi connectivity index (χ1n) is 7.09. The molecule has 0 saturated carbocycles. The molecule has 0 aliphatic carbocycles.